The minimum Gasteiger partial charge on any atom is -0.340 e. The summed E-state index contributed by atoms with van der Waals surface area (Å²) in [6.45, 7) is 1.50. The van der Waals surface area contributed by atoms with Crippen LogP contribution in [-0.2, 0) is 11.3 Å². The Kier molecular flexibility index (Phi) is 5.71. The van der Waals surface area contributed by atoms with E-state index in [1.54, 1.807) is 30.1 Å². The van der Waals surface area contributed by atoms with Gasteiger partial charge in [0, 0.05) is 30.2 Å². The summed E-state index contributed by atoms with van der Waals surface area (Å²) in [6.07, 6.45) is 2.08. The molecule has 0 saturated carbocycles. The van der Waals surface area contributed by atoms with Gasteiger partial charge in [0.1, 0.15) is 5.82 Å². The largest absolute Gasteiger partial charge is 0.340 e. The Hall–Kier alpha value is -1.91. The predicted octanol–water partition coefficient (Wildman–Crippen LogP) is 4.27. The number of carbonyl (C=O) groups excluding carboxylic acids is 1. The molecule has 1 aliphatic heterocycles. The van der Waals surface area contributed by atoms with E-state index >= 15 is 0 Å². The number of amides is 1. The summed E-state index contributed by atoms with van der Waals surface area (Å²) >= 11 is 6.10. The first-order valence-electron chi connectivity index (χ1n) is 8.51. The highest BCUT2D eigenvalue weighted by Gasteiger charge is 2.28. The van der Waals surface area contributed by atoms with Gasteiger partial charge in [-0.05, 0) is 43.1 Å². The normalized spacial score (nSPS) is 17.6. The van der Waals surface area contributed by atoms with Crippen LogP contribution in [0.1, 0.15) is 30.0 Å². The fraction of sp³-hybridized carbons (Fsp3) is 0.350. The van der Waals surface area contributed by atoms with Gasteiger partial charge in [-0.3, -0.25) is 9.69 Å². The maximum absolute atomic E-state index is 13.8. The Balaban J connectivity index is 1.64. The van der Waals surface area contributed by atoms with Crippen LogP contribution in [0.2, 0.25) is 5.02 Å². The average molecular weight is 361 g/mol. The monoisotopic (exact) mass is 360 g/mol. The topological polar surface area (TPSA) is 23.6 Å². The second-order valence-corrected chi connectivity index (χ2v) is 6.96. The highest BCUT2D eigenvalue weighted by Crippen LogP contribution is 2.32. The second-order valence-electron chi connectivity index (χ2n) is 6.52. The molecule has 1 atom stereocenters. The Bertz CT molecular complexity index is 752. The molecule has 0 aromatic heterocycles. The van der Waals surface area contributed by atoms with E-state index in [0.29, 0.717) is 17.1 Å². The number of nitrogens with zero attached hydrogens (tertiary/aromatic N) is 2. The second kappa shape index (κ2) is 7.98. The quantitative estimate of drug-likeness (QED) is 0.794. The van der Waals surface area contributed by atoms with Crippen LogP contribution in [-0.4, -0.2) is 35.8 Å². The Morgan fingerprint density at radius 2 is 2.08 bits per heavy atom. The van der Waals surface area contributed by atoms with E-state index in [1.165, 1.54) is 6.07 Å². The lowest BCUT2D eigenvalue weighted by molar-refractivity contribution is -0.131. The number of carbonyl (C=O) groups is 1. The van der Waals surface area contributed by atoms with E-state index in [1.807, 2.05) is 18.2 Å². The standard InChI is InChI=1S/C20H22ClFN2O/c1-23(13-16-6-2-3-9-18(16)22)20(25)14-24-11-5-10-19(24)15-7-4-8-17(21)12-15/h2-4,6-9,12,19H,5,10-11,13-14H2,1H3. The van der Waals surface area contributed by atoms with E-state index in [2.05, 4.69) is 11.0 Å². The van der Waals surface area contributed by atoms with Crippen molar-refractivity contribution in [1.82, 2.24) is 9.80 Å². The lowest BCUT2D eigenvalue weighted by Gasteiger charge is -2.27. The Morgan fingerprint density at radius 1 is 1.28 bits per heavy atom. The minimum atomic E-state index is -0.278. The molecule has 5 heteroatoms. The van der Waals surface area contributed by atoms with Gasteiger partial charge in [0.2, 0.25) is 5.91 Å². The lowest BCUT2D eigenvalue weighted by atomic mass is 10.0. The Labute approximate surface area is 153 Å². The number of benzene rings is 2. The van der Waals surface area contributed by atoms with Crippen molar-refractivity contribution < 1.29 is 9.18 Å². The van der Waals surface area contributed by atoms with Crippen LogP contribution in [0.15, 0.2) is 48.5 Å². The molecule has 3 nitrogen and oxygen atoms in total. The first kappa shape index (κ1) is 17.9. The molecule has 0 radical (unpaired) electrons. The molecular formula is C20H22ClFN2O. The van der Waals surface area contributed by atoms with Gasteiger partial charge in [0.15, 0.2) is 0 Å². The maximum atomic E-state index is 13.8. The SMILES string of the molecule is CN(Cc1ccccc1F)C(=O)CN1CCCC1c1cccc(Cl)c1. The minimum absolute atomic E-state index is 0.00261. The zero-order chi connectivity index (χ0) is 17.8. The molecule has 2 aromatic rings. The third-order valence-corrected chi connectivity index (χ3v) is 4.96. The number of rotatable bonds is 5. The molecule has 25 heavy (non-hydrogen) atoms. The van der Waals surface area contributed by atoms with Crippen LogP contribution in [0.5, 0.6) is 0 Å². The summed E-state index contributed by atoms with van der Waals surface area (Å²) in [5, 5.41) is 0.715. The van der Waals surface area contributed by atoms with Gasteiger partial charge >= 0.3 is 0 Å². The molecule has 0 spiro atoms. The fourth-order valence-electron chi connectivity index (χ4n) is 3.37. The van der Waals surface area contributed by atoms with Crippen molar-refractivity contribution in [3.63, 3.8) is 0 Å². The lowest BCUT2D eigenvalue weighted by Crippen LogP contribution is -2.38. The van der Waals surface area contributed by atoms with Gasteiger partial charge in [0.25, 0.3) is 0 Å². The summed E-state index contributed by atoms with van der Waals surface area (Å²) < 4.78 is 13.8. The first-order valence-corrected chi connectivity index (χ1v) is 8.89. The number of hydrogen-bond donors (Lipinski definition) is 0. The summed E-state index contributed by atoms with van der Waals surface area (Å²) in [4.78, 5) is 16.4. The fourth-order valence-corrected chi connectivity index (χ4v) is 3.57. The maximum Gasteiger partial charge on any atom is 0.236 e. The Morgan fingerprint density at radius 3 is 2.84 bits per heavy atom. The van der Waals surface area contributed by atoms with Gasteiger partial charge in [-0.1, -0.05) is 41.9 Å². The van der Waals surface area contributed by atoms with Crippen LogP contribution in [0.3, 0.4) is 0 Å². The number of likely N-dealkylation sites (tertiary alicyclic amines) is 1. The molecule has 1 amide bonds. The van der Waals surface area contributed by atoms with Crippen molar-refractivity contribution in [3.05, 3.63) is 70.5 Å². The predicted molar refractivity (Wildman–Crippen MR) is 97.9 cm³/mol. The number of likely N-dealkylation sites (N-methyl/N-ethyl adjacent to an activating group) is 1. The van der Waals surface area contributed by atoms with Gasteiger partial charge in [-0.2, -0.15) is 0 Å². The van der Waals surface area contributed by atoms with Crippen LogP contribution in [0.4, 0.5) is 4.39 Å². The summed E-state index contributed by atoms with van der Waals surface area (Å²) in [6, 6.07) is 14.6. The molecule has 1 aliphatic rings. The third-order valence-electron chi connectivity index (χ3n) is 4.73. The number of halogens is 2. The number of hydrogen-bond acceptors (Lipinski definition) is 2. The van der Waals surface area contributed by atoms with Crippen molar-refractivity contribution in [2.24, 2.45) is 0 Å². The van der Waals surface area contributed by atoms with Crippen molar-refractivity contribution in [2.45, 2.75) is 25.4 Å². The molecule has 1 heterocycles. The molecular weight excluding hydrogens is 339 g/mol. The van der Waals surface area contributed by atoms with Gasteiger partial charge in [-0.25, -0.2) is 4.39 Å². The summed E-state index contributed by atoms with van der Waals surface area (Å²) in [7, 11) is 1.72. The smallest absolute Gasteiger partial charge is 0.236 e. The summed E-state index contributed by atoms with van der Waals surface area (Å²) in [5.74, 6) is -0.280. The van der Waals surface area contributed by atoms with E-state index < -0.39 is 0 Å². The van der Waals surface area contributed by atoms with E-state index in [4.69, 9.17) is 11.6 Å². The van der Waals surface area contributed by atoms with Crippen LogP contribution in [0.25, 0.3) is 0 Å². The molecule has 2 aromatic carbocycles. The summed E-state index contributed by atoms with van der Waals surface area (Å²) in [5.41, 5.74) is 1.68. The highest BCUT2D eigenvalue weighted by atomic mass is 35.5. The molecule has 0 aliphatic carbocycles. The average Bonchev–Trinajstić information content (AvgIpc) is 3.05. The van der Waals surface area contributed by atoms with Crippen molar-refractivity contribution in [1.29, 1.82) is 0 Å². The van der Waals surface area contributed by atoms with E-state index in [0.717, 1.165) is 24.9 Å². The van der Waals surface area contributed by atoms with Crippen molar-refractivity contribution in [2.75, 3.05) is 20.1 Å². The van der Waals surface area contributed by atoms with Crippen molar-refractivity contribution in [3.8, 4) is 0 Å². The van der Waals surface area contributed by atoms with Gasteiger partial charge in [0.05, 0.1) is 6.54 Å². The molecule has 1 saturated heterocycles. The molecule has 0 N–H and O–H groups in total. The molecule has 1 fully saturated rings. The van der Waals surface area contributed by atoms with Crippen molar-refractivity contribution >= 4 is 17.5 Å². The van der Waals surface area contributed by atoms with Crippen LogP contribution < -0.4 is 0 Å². The third kappa shape index (κ3) is 4.39. The van der Waals surface area contributed by atoms with E-state index in [9.17, 15) is 9.18 Å². The first-order chi connectivity index (χ1) is 12.0. The highest BCUT2D eigenvalue weighted by molar-refractivity contribution is 6.30. The molecule has 1 unspecified atom stereocenters. The van der Waals surface area contributed by atoms with Crippen LogP contribution in [0, 0.1) is 5.82 Å². The van der Waals surface area contributed by atoms with Crippen LogP contribution >= 0.6 is 11.6 Å². The van der Waals surface area contributed by atoms with Gasteiger partial charge < -0.3 is 4.90 Å². The van der Waals surface area contributed by atoms with Gasteiger partial charge in [-0.15, -0.1) is 0 Å². The zero-order valence-corrected chi connectivity index (χ0v) is 15.0. The molecule has 132 valence electrons. The molecule has 0 bridgehead atoms. The molecule has 3 rings (SSSR count). The zero-order valence-electron chi connectivity index (χ0n) is 14.3. The van der Waals surface area contributed by atoms with E-state index in [-0.39, 0.29) is 24.3 Å².